The summed E-state index contributed by atoms with van der Waals surface area (Å²) in [5, 5.41) is 5.98. The van der Waals surface area contributed by atoms with Gasteiger partial charge in [0.25, 0.3) is 5.16 Å². The van der Waals surface area contributed by atoms with E-state index in [2.05, 4.69) is 20.2 Å². The van der Waals surface area contributed by atoms with Crippen LogP contribution in [0, 0.1) is 5.82 Å². The maximum absolute atomic E-state index is 13.2. The van der Waals surface area contributed by atoms with Gasteiger partial charge in [0.1, 0.15) is 23.7 Å². The summed E-state index contributed by atoms with van der Waals surface area (Å²) in [4.78, 5) is 7.99. The average Bonchev–Trinajstić information content (AvgIpc) is 3.16. The average molecular weight is 336 g/mol. The molecule has 3 aromatic rings. The third-order valence-electron chi connectivity index (χ3n) is 3.09. The molecule has 1 N–H and O–H groups in total. The Hall–Kier alpha value is -2.55. The van der Waals surface area contributed by atoms with Crippen molar-refractivity contribution in [3.05, 3.63) is 47.9 Å². The molecule has 0 saturated carbocycles. The summed E-state index contributed by atoms with van der Waals surface area (Å²) in [6, 6.07) is 5.69. The van der Waals surface area contributed by atoms with Crippen LogP contribution in [0.5, 0.6) is 0 Å². The first kappa shape index (κ1) is 15.3. The third kappa shape index (κ3) is 3.29. The Labute approximate surface area is 131 Å². The zero-order chi connectivity index (χ0) is 16.4. The van der Waals surface area contributed by atoms with Crippen molar-refractivity contribution in [1.82, 2.24) is 20.2 Å². The number of halogens is 1. The van der Waals surface area contributed by atoms with Gasteiger partial charge in [-0.3, -0.25) is 5.10 Å². The van der Waals surface area contributed by atoms with Crippen LogP contribution in [0.25, 0.3) is 11.5 Å². The van der Waals surface area contributed by atoms with Gasteiger partial charge in [0, 0.05) is 12.0 Å². The minimum Gasteiger partial charge on any atom is -0.444 e. The van der Waals surface area contributed by atoms with E-state index < -0.39 is 21.4 Å². The molecule has 0 aliphatic heterocycles. The predicted molar refractivity (Wildman–Crippen MR) is 78.5 cm³/mol. The van der Waals surface area contributed by atoms with Crippen LogP contribution in [-0.4, -0.2) is 28.6 Å². The molecule has 1 aromatic carbocycles. The van der Waals surface area contributed by atoms with Crippen molar-refractivity contribution in [3.8, 4) is 11.5 Å². The molecule has 0 atom stereocenters. The predicted octanol–water partition coefficient (Wildman–Crippen LogP) is 2.14. The van der Waals surface area contributed by atoms with Crippen molar-refractivity contribution in [2.75, 3.05) is 0 Å². The Morgan fingerprint density at radius 2 is 2.13 bits per heavy atom. The van der Waals surface area contributed by atoms with Crippen molar-refractivity contribution in [1.29, 1.82) is 0 Å². The molecule has 120 valence electrons. The van der Waals surface area contributed by atoms with Crippen molar-refractivity contribution < 1.29 is 17.2 Å². The second kappa shape index (κ2) is 5.92. The highest BCUT2D eigenvalue weighted by Crippen LogP contribution is 2.21. The van der Waals surface area contributed by atoms with Gasteiger partial charge in [-0.05, 0) is 18.2 Å². The van der Waals surface area contributed by atoms with Gasteiger partial charge in [0.15, 0.2) is 0 Å². The monoisotopic (exact) mass is 336 g/mol. The fourth-order valence-corrected chi connectivity index (χ4v) is 3.05. The summed E-state index contributed by atoms with van der Waals surface area (Å²) in [6.07, 6.45) is 1.78. The zero-order valence-corrected chi connectivity index (χ0v) is 13.0. The molecular formula is C14H13FN4O3S. The van der Waals surface area contributed by atoms with E-state index in [1.165, 1.54) is 24.5 Å². The zero-order valence-electron chi connectivity index (χ0n) is 12.2. The van der Waals surface area contributed by atoms with E-state index in [1.807, 2.05) is 6.92 Å². The van der Waals surface area contributed by atoms with Gasteiger partial charge in [-0.1, -0.05) is 13.0 Å². The maximum atomic E-state index is 13.2. The SMILES string of the molecule is CCc1nc(S(=O)(=O)Cc2coc(-c3cccc(F)c3)n2)n[nH]1. The fraction of sp³-hybridized carbons (Fsp3) is 0.214. The number of sulfone groups is 1. The first-order valence-corrected chi connectivity index (χ1v) is 8.47. The van der Waals surface area contributed by atoms with Gasteiger partial charge < -0.3 is 4.42 Å². The molecule has 0 aliphatic rings. The minimum absolute atomic E-state index is 0.152. The summed E-state index contributed by atoms with van der Waals surface area (Å²) in [5.74, 6) is -0.182. The van der Waals surface area contributed by atoms with Crippen LogP contribution in [0.15, 0.2) is 40.1 Å². The number of benzene rings is 1. The third-order valence-corrected chi connectivity index (χ3v) is 4.50. The lowest BCUT2D eigenvalue weighted by molar-refractivity contribution is 0.569. The van der Waals surface area contributed by atoms with Gasteiger partial charge in [-0.25, -0.2) is 22.8 Å². The number of nitrogens with zero attached hydrogens (tertiary/aromatic N) is 3. The molecular weight excluding hydrogens is 323 g/mol. The molecule has 0 fully saturated rings. The topological polar surface area (TPSA) is 102 Å². The summed E-state index contributed by atoms with van der Waals surface area (Å²) in [5.41, 5.74) is 0.631. The van der Waals surface area contributed by atoms with E-state index in [-0.39, 0.29) is 16.7 Å². The highest BCUT2D eigenvalue weighted by molar-refractivity contribution is 7.90. The van der Waals surface area contributed by atoms with Crippen molar-refractivity contribution in [2.24, 2.45) is 0 Å². The van der Waals surface area contributed by atoms with Crippen molar-refractivity contribution in [2.45, 2.75) is 24.3 Å². The van der Waals surface area contributed by atoms with Crippen molar-refractivity contribution >= 4 is 9.84 Å². The Balaban J connectivity index is 1.83. The Bertz CT molecular complexity index is 933. The van der Waals surface area contributed by atoms with E-state index in [1.54, 1.807) is 6.07 Å². The molecule has 0 amide bonds. The highest BCUT2D eigenvalue weighted by Gasteiger charge is 2.23. The molecule has 0 bridgehead atoms. The summed E-state index contributed by atoms with van der Waals surface area (Å²) >= 11 is 0. The van der Waals surface area contributed by atoms with E-state index >= 15 is 0 Å². The van der Waals surface area contributed by atoms with Crippen LogP contribution in [-0.2, 0) is 22.0 Å². The number of hydrogen-bond acceptors (Lipinski definition) is 6. The van der Waals surface area contributed by atoms with Crippen LogP contribution < -0.4 is 0 Å². The van der Waals surface area contributed by atoms with Gasteiger partial charge in [0.2, 0.25) is 15.7 Å². The van der Waals surface area contributed by atoms with Crippen LogP contribution in [0.4, 0.5) is 4.39 Å². The van der Waals surface area contributed by atoms with Crippen LogP contribution in [0.2, 0.25) is 0 Å². The Morgan fingerprint density at radius 1 is 1.30 bits per heavy atom. The Kier molecular flexibility index (Phi) is 3.95. The van der Waals surface area contributed by atoms with Gasteiger partial charge >= 0.3 is 0 Å². The normalized spacial score (nSPS) is 11.7. The summed E-state index contributed by atoms with van der Waals surface area (Å²) < 4.78 is 42.9. The molecule has 0 saturated heterocycles. The van der Waals surface area contributed by atoms with Crippen LogP contribution in [0.1, 0.15) is 18.4 Å². The fourth-order valence-electron chi connectivity index (χ4n) is 1.96. The number of rotatable bonds is 5. The van der Waals surface area contributed by atoms with Crippen molar-refractivity contribution in [3.63, 3.8) is 0 Å². The molecule has 2 aromatic heterocycles. The maximum Gasteiger partial charge on any atom is 0.267 e. The summed E-state index contributed by atoms with van der Waals surface area (Å²) in [6.45, 7) is 1.83. The second-order valence-corrected chi connectivity index (χ2v) is 6.71. The standard InChI is InChI=1S/C14H13FN4O3S/c1-2-12-17-14(19-18-12)23(20,21)8-11-7-22-13(16-11)9-4-3-5-10(15)6-9/h3-7H,2,8H2,1H3,(H,17,18,19). The first-order chi connectivity index (χ1) is 11.0. The van der Waals surface area contributed by atoms with E-state index in [9.17, 15) is 12.8 Å². The van der Waals surface area contributed by atoms with Crippen LogP contribution >= 0.6 is 0 Å². The number of aromatic amines is 1. The first-order valence-electron chi connectivity index (χ1n) is 6.82. The number of hydrogen-bond donors (Lipinski definition) is 1. The molecule has 0 unspecified atom stereocenters. The summed E-state index contributed by atoms with van der Waals surface area (Å²) in [7, 11) is -3.73. The lowest BCUT2D eigenvalue weighted by Gasteiger charge is -1.96. The Morgan fingerprint density at radius 3 is 2.83 bits per heavy atom. The van der Waals surface area contributed by atoms with Gasteiger partial charge in [0.05, 0.1) is 5.69 Å². The lowest BCUT2D eigenvalue weighted by atomic mass is 10.2. The minimum atomic E-state index is -3.73. The van der Waals surface area contributed by atoms with Crippen LogP contribution in [0.3, 0.4) is 0 Å². The number of nitrogens with one attached hydrogen (secondary N) is 1. The smallest absolute Gasteiger partial charge is 0.267 e. The lowest BCUT2D eigenvalue weighted by Crippen LogP contribution is -2.07. The largest absolute Gasteiger partial charge is 0.444 e. The molecule has 0 aliphatic carbocycles. The van der Waals surface area contributed by atoms with Gasteiger partial charge in [-0.2, -0.15) is 0 Å². The second-order valence-electron chi connectivity index (χ2n) is 4.83. The van der Waals surface area contributed by atoms with Gasteiger partial charge in [-0.15, -0.1) is 5.10 Å². The number of H-pyrrole nitrogens is 1. The molecule has 0 radical (unpaired) electrons. The molecule has 23 heavy (non-hydrogen) atoms. The van der Waals surface area contributed by atoms with E-state index in [0.29, 0.717) is 17.8 Å². The number of aryl methyl sites for hydroxylation is 1. The van der Waals surface area contributed by atoms with E-state index in [0.717, 1.165) is 0 Å². The molecule has 0 spiro atoms. The number of aromatic nitrogens is 4. The van der Waals surface area contributed by atoms with E-state index in [4.69, 9.17) is 4.42 Å². The quantitative estimate of drug-likeness (QED) is 0.766. The molecule has 7 nitrogen and oxygen atoms in total. The molecule has 3 rings (SSSR count). The molecule has 9 heteroatoms. The molecule has 2 heterocycles. The number of oxazole rings is 1. The highest BCUT2D eigenvalue weighted by atomic mass is 32.2.